The highest BCUT2D eigenvalue weighted by Gasteiger charge is 2.22. The summed E-state index contributed by atoms with van der Waals surface area (Å²) in [5.74, 6) is 0. The Kier molecular flexibility index (Phi) is 7.40. The molecule has 0 bridgehead atoms. The quantitative estimate of drug-likeness (QED) is 0.906. The standard InChI is InChI=1S/C13H17Cl2FN2.ClH/c14-11-7-10(8-12(15)9-11)13(1-2-16)18-5-3-17-4-6-18;/h7-9,13,17H,1-6H2;1H/t13-;/m0./s1. The molecule has 1 heterocycles. The van der Waals surface area contributed by atoms with Gasteiger partial charge in [-0.25, -0.2) is 0 Å². The fourth-order valence-corrected chi connectivity index (χ4v) is 2.97. The number of rotatable bonds is 4. The summed E-state index contributed by atoms with van der Waals surface area (Å²) in [7, 11) is 0. The first-order valence-corrected chi connectivity index (χ1v) is 6.93. The first kappa shape index (κ1) is 17.0. The molecule has 1 aliphatic rings. The predicted molar refractivity (Wildman–Crippen MR) is 81.5 cm³/mol. The van der Waals surface area contributed by atoms with E-state index in [1.807, 2.05) is 12.1 Å². The summed E-state index contributed by atoms with van der Waals surface area (Å²) in [6.45, 7) is 3.40. The molecule has 19 heavy (non-hydrogen) atoms. The van der Waals surface area contributed by atoms with Crippen LogP contribution in [0.3, 0.4) is 0 Å². The average molecular weight is 328 g/mol. The topological polar surface area (TPSA) is 15.3 Å². The molecule has 0 amide bonds. The number of nitrogens with zero attached hydrogens (tertiary/aromatic N) is 1. The molecular weight excluding hydrogens is 310 g/mol. The summed E-state index contributed by atoms with van der Waals surface area (Å²) in [4.78, 5) is 2.29. The summed E-state index contributed by atoms with van der Waals surface area (Å²) in [6, 6.07) is 5.54. The van der Waals surface area contributed by atoms with E-state index in [1.165, 1.54) is 0 Å². The van der Waals surface area contributed by atoms with Gasteiger partial charge >= 0.3 is 0 Å². The molecule has 108 valence electrons. The minimum atomic E-state index is -0.335. The number of halogens is 4. The van der Waals surface area contributed by atoms with Crippen LogP contribution in [0.1, 0.15) is 18.0 Å². The van der Waals surface area contributed by atoms with E-state index in [9.17, 15) is 4.39 Å². The van der Waals surface area contributed by atoms with Crippen LogP contribution in [0.4, 0.5) is 4.39 Å². The monoisotopic (exact) mass is 326 g/mol. The lowest BCUT2D eigenvalue weighted by molar-refractivity contribution is 0.157. The van der Waals surface area contributed by atoms with Crippen molar-refractivity contribution in [1.82, 2.24) is 10.2 Å². The third kappa shape index (κ3) is 4.76. The van der Waals surface area contributed by atoms with Crippen LogP contribution in [-0.2, 0) is 0 Å². The molecule has 2 rings (SSSR count). The molecule has 1 fully saturated rings. The molecule has 1 aromatic carbocycles. The average Bonchev–Trinajstić information content (AvgIpc) is 2.36. The zero-order valence-electron chi connectivity index (χ0n) is 10.5. The Bertz CT molecular complexity index is 377. The molecule has 1 N–H and O–H groups in total. The van der Waals surface area contributed by atoms with Gasteiger partial charge in [0.1, 0.15) is 0 Å². The fraction of sp³-hybridized carbons (Fsp3) is 0.538. The number of alkyl halides is 1. The molecule has 1 atom stereocenters. The number of hydrogen-bond donors (Lipinski definition) is 1. The molecule has 0 aromatic heterocycles. The maximum atomic E-state index is 12.8. The van der Waals surface area contributed by atoms with E-state index in [0.29, 0.717) is 16.5 Å². The Labute approximate surface area is 129 Å². The van der Waals surface area contributed by atoms with Gasteiger partial charge in [-0.15, -0.1) is 12.4 Å². The summed E-state index contributed by atoms with van der Waals surface area (Å²) < 4.78 is 12.8. The van der Waals surface area contributed by atoms with Gasteiger partial charge in [0.15, 0.2) is 0 Å². The second kappa shape index (κ2) is 8.28. The lowest BCUT2D eigenvalue weighted by Gasteiger charge is -2.35. The zero-order chi connectivity index (χ0) is 13.0. The highest BCUT2D eigenvalue weighted by Crippen LogP contribution is 2.29. The third-order valence-corrected chi connectivity index (χ3v) is 3.68. The van der Waals surface area contributed by atoms with Crippen molar-refractivity contribution in [3.8, 4) is 0 Å². The van der Waals surface area contributed by atoms with Crippen LogP contribution in [-0.4, -0.2) is 37.8 Å². The molecule has 0 saturated carbocycles. The number of benzene rings is 1. The molecule has 6 heteroatoms. The van der Waals surface area contributed by atoms with Crippen molar-refractivity contribution in [2.45, 2.75) is 12.5 Å². The highest BCUT2D eigenvalue weighted by molar-refractivity contribution is 6.34. The fourth-order valence-electron chi connectivity index (χ4n) is 2.42. The second-order valence-electron chi connectivity index (χ2n) is 4.48. The molecule has 0 spiro atoms. The summed E-state index contributed by atoms with van der Waals surface area (Å²) in [5, 5.41) is 4.51. The van der Waals surface area contributed by atoms with Crippen molar-refractivity contribution in [2.75, 3.05) is 32.9 Å². The maximum Gasteiger partial charge on any atom is 0.0912 e. The summed E-state index contributed by atoms with van der Waals surface area (Å²) in [6.07, 6.45) is 0.483. The van der Waals surface area contributed by atoms with E-state index in [-0.39, 0.29) is 25.1 Å². The number of hydrogen-bond acceptors (Lipinski definition) is 2. The van der Waals surface area contributed by atoms with Gasteiger partial charge in [0.25, 0.3) is 0 Å². The van der Waals surface area contributed by atoms with Gasteiger partial charge in [-0.3, -0.25) is 9.29 Å². The Morgan fingerprint density at radius 1 is 1.16 bits per heavy atom. The third-order valence-electron chi connectivity index (χ3n) is 3.24. The molecular formula is C13H18Cl3FN2. The van der Waals surface area contributed by atoms with Gasteiger partial charge in [0.2, 0.25) is 0 Å². The molecule has 0 radical (unpaired) electrons. The van der Waals surface area contributed by atoms with Gasteiger partial charge in [-0.05, 0) is 30.2 Å². The van der Waals surface area contributed by atoms with Crippen molar-refractivity contribution < 1.29 is 4.39 Å². The van der Waals surface area contributed by atoms with Crippen LogP contribution in [0.25, 0.3) is 0 Å². The molecule has 0 aliphatic carbocycles. The van der Waals surface area contributed by atoms with Gasteiger partial charge in [0, 0.05) is 42.3 Å². The Hall–Kier alpha value is -0.0600. The Morgan fingerprint density at radius 2 is 1.74 bits per heavy atom. The number of piperazine rings is 1. The second-order valence-corrected chi connectivity index (χ2v) is 5.36. The van der Waals surface area contributed by atoms with Crippen molar-refractivity contribution in [3.05, 3.63) is 33.8 Å². The smallest absolute Gasteiger partial charge is 0.0912 e. The molecule has 2 nitrogen and oxygen atoms in total. The SMILES string of the molecule is Cl.FCC[C@@H](c1cc(Cl)cc(Cl)c1)N1CCNCC1. The Morgan fingerprint density at radius 3 is 2.26 bits per heavy atom. The lowest BCUT2D eigenvalue weighted by Crippen LogP contribution is -2.45. The summed E-state index contributed by atoms with van der Waals surface area (Å²) in [5.41, 5.74) is 1.01. The first-order chi connectivity index (χ1) is 8.70. The molecule has 1 saturated heterocycles. The number of nitrogens with one attached hydrogen (secondary N) is 1. The van der Waals surface area contributed by atoms with E-state index >= 15 is 0 Å². The minimum absolute atomic E-state index is 0. The van der Waals surface area contributed by atoms with Crippen molar-refractivity contribution in [2.24, 2.45) is 0 Å². The molecule has 1 aliphatic heterocycles. The largest absolute Gasteiger partial charge is 0.314 e. The van der Waals surface area contributed by atoms with Crippen LogP contribution in [0.2, 0.25) is 10.0 Å². The van der Waals surface area contributed by atoms with E-state index in [4.69, 9.17) is 23.2 Å². The van der Waals surface area contributed by atoms with Crippen LogP contribution in [0.15, 0.2) is 18.2 Å². The van der Waals surface area contributed by atoms with E-state index < -0.39 is 0 Å². The zero-order valence-corrected chi connectivity index (χ0v) is 12.9. The van der Waals surface area contributed by atoms with E-state index in [0.717, 1.165) is 31.7 Å². The van der Waals surface area contributed by atoms with Gasteiger partial charge < -0.3 is 5.32 Å². The lowest BCUT2D eigenvalue weighted by atomic mass is 10.0. The maximum absolute atomic E-state index is 12.8. The van der Waals surface area contributed by atoms with Crippen LogP contribution >= 0.6 is 35.6 Å². The van der Waals surface area contributed by atoms with Gasteiger partial charge in [0.05, 0.1) is 6.67 Å². The van der Waals surface area contributed by atoms with Gasteiger partial charge in [-0.1, -0.05) is 23.2 Å². The van der Waals surface area contributed by atoms with Crippen LogP contribution in [0, 0.1) is 0 Å². The van der Waals surface area contributed by atoms with E-state index in [1.54, 1.807) is 6.07 Å². The molecule has 0 unspecified atom stereocenters. The normalized spacial score (nSPS) is 17.8. The first-order valence-electron chi connectivity index (χ1n) is 6.17. The highest BCUT2D eigenvalue weighted by atomic mass is 35.5. The van der Waals surface area contributed by atoms with Crippen molar-refractivity contribution in [1.29, 1.82) is 0 Å². The Balaban J connectivity index is 0.00000180. The van der Waals surface area contributed by atoms with Crippen molar-refractivity contribution >= 4 is 35.6 Å². The summed E-state index contributed by atoms with van der Waals surface area (Å²) >= 11 is 12.0. The van der Waals surface area contributed by atoms with Gasteiger partial charge in [-0.2, -0.15) is 0 Å². The predicted octanol–water partition coefficient (Wildman–Crippen LogP) is 3.72. The van der Waals surface area contributed by atoms with Crippen LogP contribution < -0.4 is 5.32 Å². The minimum Gasteiger partial charge on any atom is -0.314 e. The van der Waals surface area contributed by atoms with Crippen molar-refractivity contribution in [3.63, 3.8) is 0 Å². The van der Waals surface area contributed by atoms with Crippen LogP contribution in [0.5, 0.6) is 0 Å². The van der Waals surface area contributed by atoms with E-state index in [2.05, 4.69) is 10.2 Å². The molecule has 1 aromatic rings.